The van der Waals surface area contributed by atoms with Gasteiger partial charge in [0.2, 0.25) is 0 Å². The molecular weight excluding hydrogens is 245 g/mol. The zero-order chi connectivity index (χ0) is 13.9. The lowest BCUT2D eigenvalue weighted by Crippen LogP contribution is -2.39. The van der Waals surface area contributed by atoms with Crippen molar-refractivity contribution in [3.63, 3.8) is 0 Å². The van der Waals surface area contributed by atoms with Gasteiger partial charge in [-0.3, -0.25) is 4.90 Å². The Morgan fingerprint density at radius 2 is 1.94 bits per heavy atom. The van der Waals surface area contributed by atoms with E-state index < -0.39 is 12.7 Å². The summed E-state index contributed by atoms with van der Waals surface area (Å²) in [6.07, 6.45) is -4.24. The lowest BCUT2D eigenvalue weighted by molar-refractivity contribution is -0.151. The third-order valence-electron chi connectivity index (χ3n) is 2.38. The van der Waals surface area contributed by atoms with Crippen LogP contribution in [0.2, 0.25) is 0 Å². The molecule has 0 spiro atoms. The van der Waals surface area contributed by atoms with E-state index in [0.717, 1.165) is 0 Å². The molecule has 0 radical (unpaired) electrons. The maximum Gasteiger partial charge on any atom is 0.401 e. The van der Waals surface area contributed by atoms with Gasteiger partial charge in [0.05, 0.1) is 13.1 Å². The van der Waals surface area contributed by atoms with Gasteiger partial charge in [-0.1, -0.05) is 0 Å². The van der Waals surface area contributed by atoms with Crippen molar-refractivity contribution in [1.29, 1.82) is 0 Å². The number of rotatable bonds is 4. The second-order valence-corrected chi connectivity index (χ2v) is 4.46. The normalized spacial score (nSPS) is 12.4. The summed E-state index contributed by atoms with van der Waals surface area (Å²) in [5.41, 5.74) is 6.19. The van der Waals surface area contributed by atoms with Crippen molar-refractivity contribution < 1.29 is 13.2 Å². The van der Waals surface area contributed by atoms with E-state index in [1.54, 1.807) is 26.8 Å². The Kier molecular flexibility index (Phi) is 4.50. The summed E-state index contributed by atoms with van der Waals surface area (Å²) in [5, 5.41) is 0. The number of aryl methyl sites for hydroxylation is 1. The van der Waals surface area contributed by atoms with Gasteiger partial charge in [-0.2, -0.15) is 13.2 Å². The van der Waals surface area contributed by atoms with E-state index in [4.69, 9.17) is 5.73 Å². The summed E-state index contributed by atoms with van der Waals surface area (Å²) < 4.78 is 37.3. The first kappa shape index (κ1) is 14.7. The molecule has 0 bridgehead atoms. The van der Waals surface area contributed by atoms with Gasteiger partial charge in [-0.15, -0.1) is 0 Å². The van der Waals surface area contributed by atoms with E-state index in [1.807, 2.05) is 0 Å². The molecule has 0 amide bonds. The molecule has 0 aliphatic rings. The summed E-state index contributed by atoms with van der Waals surface area (Å²) in [6, 6.07) is 1.32. The van der Waals surface area contributed by atoms with Crippen molar-refractivity contribution in [3.8, 4) is 0 Å². The molecule has 0 aliphatic carbocycles. The van der Waals surface area contributed by atoms with E-state index >= 15 is 0 Å². The smallest absolute Gasteiger partial charge is 0.384 e. The minimum atomic E-state index is -4.24. The van der Waals surface area contributed by atoms with Crippen molar-refractivity contribution in [1.82, 2.24) is 14.9 Å². The van der Waals surface area contributed by atoms with Crippen LogP contribution in [0.25, 0.3) is 0 Å². The van der Waals surface area contributed by atoms with Crippen LogP contribution in [0.1, 0.15) is 25.4 Å². The van der Waals surface area contributed by atoms with Gasteiger partial charge in [0, 0.05) is 17.8 Å². The van der Waals surface area contributed by atoms with Crippen molar-refractivity contribution in [3.05, 3.63) is 17.6 Å². The van der Waals surface area contributed by atoms with Crippen LogP contribution in [0.4, 0.5) is 19.0 Å². The maximum atomic E-state index is 12.4. The molecule has 0 saturated carbocycles. The average Bonchev–Trinajstić information content (AvgIpc) is 2.12. The lowest BCUT2D eigenvalue weighted by Gasteiger charge is -2.26. The summed E-state index contributed by atoms with van der Waals surface area (Å²) in [5.74, 6) is 0.582. The first-order valence-electron chi connectivity index (χ1n) is 5.58. The van der Waals surface area contributed by atoms with Crippen molar-refractivity contribution in [2.75, 3.05) is 12.3 Å². The molecule has 0 unspecified atom stereocenters. The van der Waals surface area contributed by atoms with Gasteiger partial charge < -0.3 is 5.73 Å². The van der Waals surface area contributed by atoms with Crippen LogP contribution in [0.15, 0.2) is 6.07 Å². The third-order valence-corrected chi connectivity index (χ3v) is 2.38. The van der Waals surface area contributed by atoms with Crippen LogP contribution in [-0.4, -0.2) is 33.6 Å². The quantitative estimate of drug-likeness (QED) is 0.903. The molecule has 7 heteroatoms. The zero-order valence-electron chi connectivity index (χ0n) is 10.6. The number of nitrogens with zero attached hydrogens (tertiary/aromatic N) is 3. The van der Waals surface area contributed by atoms with Gasteiger partial charge >= 0.3 is 6.18 Å². The van der Waals surface area contributed by atoms with E-state index in [0.29, 0.717) is 11.5 Å². The summed E-state index contributed by atoms with van der Waals surface area (Å²) >= 11 is 0. The minimum absolute atomic E-state index is 0.0308. The molecule has 102 valence electrons. The number of halogens is 3. The highest BCUT2D eigenvalue weighted by Gasteiger charge is 2.32. The Labute approximate surface area is 104 Å². The van der Waals surface area contributed by atoms with Crippen molar-refractivity contribution >= 4 is 5.82 Å². The second-order valence-electron chi connectivity index (χ2n) is 4.46. The van der Waals surface area contributed by atoms with Crippen LogP contribution in [0, 0.1) is 6.92 Å². The standard InChI is InChI=1S/C11H17F3N4/c1-7(2)18(6-11(12,13)14)5-10-16-8(3)4-9(15)17-10/h4,7H,5-6H2,1-3H3,(H2,15,16,17). The van der Waals surface area contributed by atoms with Crippen molar-refractivity contribution in [2.24, 2.45) is 0 Å². The highest BCUT2D eigenvalue weighted by molar-refractivity contribution is 5.29. The fourth-order valence-corrected chi connectivity index (χ4v) is 1.56. The number of alkyl halides is 3. The van der Waals surface area contributed by atoms with E-state index in [9.17, 15) is 13.2 Å². The molecule has 0 aliphatic heterocycles. The summed E-state index contributed by atoms with van der Waals surface area (Å²) in [7, 11) is 0. The minimum Gasteiger partial charge on any atom is -0.384 e. The van der Waals surface area contributed by atoms with Gasteiger partial charge in [-0.25, -0.2) is 9.97 Å². The average molecular weight is 262 g/mol. The van der Waals surface area contributed by atoms with Crippen LogP contribution in [-0.2, 0) is 6.54 Å². The first-order valence-corrected chi connectivity index (χ1v) is 5.58. The number of anilines is 1. The second kappa shape index (κ2) is 5.51. The summed E-state index contributed by atoms with van der Waals surface area (Å²) in [4.78, 5) is 9.29. The lowest BCUT2D eigenvalue weighted by atomic mass is 10.3. The third kappa shape index (κ3) is 4.87. The molecule has 18 heavy (non-hydrogen) atoms. The molecule has 1 aromatic heterocycles. The maximum absolute atomic E-state index is 12.4. The summed E-state index contributed by atoms with van der Waals surface area (Å²) in [6.45, 7) is 4.17. The SMILES string of the molecule is Cc1cc(N)nc(CN(CC(F)(F)F)C(C)C)n1. The monoisotopic (exact) mass is 262 g/mol. The molecule has 0 aromatic carbocycles. The molecule has 4 nitrogen and oxygen atoms in total. The highest BCUT2D eigenvalue weighted by Crippen LogP contribution is 2.19. The zero-order valence-corrected chi connectivity index (χ0v) is 10.6. The van der Waals surface area contributed by atoms with E-state index in [1.165, 1.54) is 4.90 Å². The largest absolute Gasteiger partial charge is 0.401 e. The topological polar surface area (TPSA) is 55.0 Å². The number of aromatic nitrogens is 2. The van der Waals surface area contributed by atoms with Gasteiger partial charge in [-0.05, 0) is 20.8 Å². The number of hydrogen-bond acceptors (Lipinski definition) is 4. The molecule has 2 N–H and O–H groups in total. The number of hydrogen-bond donors (Lipinski definition) is 1. The molecule has 1 heterocycles. The number of nitrogen functional groups attached to an aromatic ring is 1. The highest BCUT2D eigenvalue weighted by atomic mass is 19.4. The Morgan fingerprint density at radius 1 is 1.33 bits per heavy atom. The molecule has 1 rings (SSSR count). The van der Waals surface area contributed by atoms with Crippen LogP contribution in [0.5, 0.6) is 0 Å². The molecule has 0 atom stereocenters. The fraction of sp³-hybridized carbons (Fsp3) is 0.636. The Hall–Kier alpha value is -1.37. The predicted molar refractivity (Wildman–Crippen MR) is 62.8 cm³/mol. The van der Waals surface area contributed by atoms with Crippen LogP contribution >= 0.6 is 0 Å². The Balaban J connectivity index is 2.83. The van der Waals surface area contributed by atoms with E-state index in [-0.39, 0.29) is 18.4 Å². The predicted octanol–water partition coefficient (Wildman–Crippen LogP) is 2.14. The molecule has 0 fully saturated rings. The fourth-order valence-electron chi connectivity index (χ4n) is 1.56. The number of nitrogens with two attached hydrogens (primary N) is 1. The first-order chi connectivity index (χ1) is 8.17. The van der Waals surface area contributed by atoms with Gasteiger partial charge in [0.25, 0.3) is 0 Å². The Morgan fingerprint density at radius 3 is 2.39 bits per heavy atom. The van der Waals surface area contributed by atoms with Gasteiger partial charge in [0.1, 0.15) is 11.6 Å². The Bertz CT molecular complexity index is 384. The van der Waals surface area contributed by atoms with Gasteiger partial charge in [0.15, 0.2) is 0 Å². The van der Waals surface area contributed by atoms with Crippen LogP contribution in [0.3, 0.4) is 0 Å². The van der Waals surface area contributed by atoms with E-state index in [2.05, 4.69) is 9.97 Å². The molecular formula is C11H17F3N4. The molecule has 0 saturated heterocycles. The molecule has 1 aromatic rings. The van der Waals surface area contributed by atoms with Crippen LogP contribution < -0.4 is 5.73 Å². The van der Waals surface area contributed by atoms with Crippen molar-refractivity contribution in [2.45, 2.75) is 39.5 Å².